The highest BCUT2D eigenvalue weighted by molar-refractivity contribution is 5.95. The fraction of sp³-hybridized carbons (Fsp3) is 0.529. The highest BCUT2D eigenvalue weighted by Gasteiger charge is 2.22. The Morgan fingerprint density at radius 2 is 1.78 bits per heavy atom. The van der Waals surface area contributed by atoms with E-state index < -0.39 is 0 Å². The third kappa shape index (κ3) is 4.96. The maximum atomic E-state index is 12.5. The molecule has 0 radical (unpaired) electrons. The second kappa shape index (κ2) is 7.97. The molecule has 1 aliphatic heterocycles. The Bertz CT molecular complexity index is 536. The highest BCUT2D eigenvalue weighted by atomic mass is 16.2. The van der Waals surface area contributed by atoms with Crippen molar-refractivity contribution >= 4 is 17.6 Å². The number of hydrogen-bond acceptors (Lipinski definition) is 3. The van der Waals surface area contributed by atoms with Crippen LogP contribution in [-0.2, 0) is 0 Å². The number of benzene rings is 1. The van der Waals surface area contributed by atoms with E-state index in [1.165, 1.54) is 0 Å². The first-order valence-corrected chi connectivity index (χ1v) is 8.13. The molecule has 0 aromatic heterocycles. The van der Waals surface area contributed by atoms with Crippen molar-refractivity contribution in [2.24, 2.45) is 0 Å². The van der Waals surface area contributed by atoms with Crippen LogP contribution in [0.4, 0.5) is 10.5 Å². The van der Waals surface area contributed by atoms with E-state index in [2.05, 4.69) is 16.0 Å². The molecule has 1 fully saturated rings. The van der Waals surface area contributed by atoms with E-state index in [9.17, 15) is 9.59 Å². The SMILES string of the molecule is CC(C)NC(=O)Nc1ccc(C(=O)N(C)C2CCNCC2)cc1. The van der Waals surface area contributed by atoms with Crippen molar-refractivity contribution in [3.63, 3.8) is 0 Å². The number of nitrogens with one attached hydrogen (secondary N) is 3. The van der Waals surface area contributed by atoms with Crippen molar-refractivity contribution in [1.82, 2.24) is 15.5 Å². The molecule has 6 heteroatoms. The summed E-state index contributed by atoms with van der Waals surface area (Å²) in [4.78, 5) is 26.0. The van der Waals surface area contributed by atoms with Gasteiger partial charge in [0, 0.05) is 30.4 Å². The average molecular weight is 318 g/mol. The number of piperidine rings is 1. The molecule has 1 heterocycles. The normalized spacial score (nSPS) is 15.3. The number of rotatable bonds is 4. The summed E-state index contributed by atoms with van der Waals surface area (Å²) in [7, 11) is 1.86. The van der Waals surface area contributed by atoms with Crippen molar-refractivity contribution < 1.29 is 9.59 Å². The molecular weight excluding hydrogens is 292 g/mol. The zero-order valence-corrected chi connectivity index (χ0v) is 14.1. The third-order valence-corrected chi connectivity index (χ3v) is 3.99. The molecule has 0 spiro atoms. The summed E-state index contributed by atoms with van der Waals surface area (Å²) in [5.41, 5.74) is 1.31. The van der Waals surface area contributed by atoms with Gasteiger partial charge in [-0.2, -0.15) is 0 Å². The van der Waals surface area contributed by atoms with Gasteiger partial charge in [-0.1, -0.05) is 0 Å². The van der Waals surface area contributed by atoms with Gasteiger partial charge in [-0.3, -0.25) is 4.79 Å². The van der Waals surface area contributed by atoms with Crippen LogP contribution in [0.15, 0.2) is 24.3 Å². The minimum Gasteiger partial charge on any atom is -0.339 e. The molecule has 1 aliphatic rings. The maximum Gasteiger partial charge on any atom is 0.319 e. The number of carbonyl (C=O) groups excluding carboxylic acids is 2. The van der Waals surface area contributed by atoms with Crippen LogP contribution in [0.3, 0.4) is 0 Å². The molecule has 3 amide bonds. The predicted octanol–water partition coefficient (Wildman–Crippen LogP) is 2.04. The number of urea groups is 1. The lowest BCUT2D eigenvalue weighted by Crippen LogP contribution is -2.43. The van der Waals surface area contributed by atoms with E-state index in [0.29, 0.717) is 17.3 Å². The van der Waals surface area contributed by atoms with Gasteiger partial charge in [0.15, 0.2) is 0 Å². The average Bonchev–Trinajstić information content (AvgIpc) is 2.54. The van der Waals surface area contributed by atoms with Gasteiger partial charge in [0.2, 0.25) is 0 Å². The summed E-state index contributed by atoms with van der Waals surface area (Å²) in [6, 6.07) is 7.14. The molecule has 126 valence electrons. The smallest absolute Gasteiger partial charge is 0.319 e. The Morgan fingerprint density at radius 3 is 2.35 bits per heavy atom. The largest absolute Gasteiger partial charge is 0.339 e. The summed E-state index contributed by atoms with van der Waals surface area (Å²) in [6.07, 6.45) is 1.97. The van der Waals surface area contributed by atoms with Gasteiger partial charge in [0.25, 0.3) is 5.91 Å². The Balaban J connectivity index is 1.95. The van der Waals surface area contributed by atoms with Gasteiger partial charge in [-0.15, -0.1) is 0 Å². The lowest BCUT2D eigenvalue weighted by Gasteiger charge is -2.31. The van der Waals surface area contributed by atoms with E-state index in [1.54, 1.807) is 24.3 Å². The third-order valence-electron chi connectivity index (χ3n) is 3.99. The fourth-order valence-corrected chi connectivity index (χ4v) is 2.69. The van der Waals surface area contributed by atoms with Crippen molar-refractivity contribution in [3.05, 3.63) is 29.8 Å². The zero-order chi connectivity index (χ0) is 16.8. The Morgan fingerprint density at radius 1 is 1.17 bits per heavy atom. The van der Waals surface area contributed by atoms with E-state index >= 15 is 0 Å². The number of hydrogen-bond donors (Lipinski definition) is 3. The van der Waals surface area contributed by atoms with Crippen LogP contribution < -0.4 is 16.0 Å². The molecule has 23 heavy (non-hydrogen) atoms. The number of anilines is 1. The van der Waals surface area contributed by atoms with Gasteiger partial charge >= 0.3 is 6.03 Å². The van der Waals surface area contributed by atoms with Crippen LogP contribution in [0.25, 0.3) is 0 Å². The van der Waals surface area contributed by atoms with Gasteiger partial charge in [0.05, 0.1) is 0 Å². The van der Waals surface area contributed by atoms with Crippen LogP contribution in [0, 0.1) is 0 Å². The minimum absolute atomic E-state index is 0.0232. The summed E-state index contributed by atoms with van der Waals surface area (Å²) in [5, 5.41) is 8.81. The first-order valence-electron chi connectivity index (χ1n) is 8.13. The lowest BCUT2D eigenvalue weighted by molar-refractivity contribution is 0.0703. The molecule has 0 atom stereocenters. The lowest BCUT2D eigenvalue weighted by atomic mass is 10.0. The minimum atomic E-state index is -0.245. The molecule has 1 saturated heterocycles. The molecule has 1 aromatic rings. The monoisotopic (exact) mass is 318 g/mol. The van der Waals surface area contributed by atoms with Gasteiger partial charge in [0.1, 0.15) is 0 Å². The van der Waals surface area contributed by atoms with Crippen LogP contribution in [0.1, 0.15) is 37.0 Å². The predicted molar refractivity (Wildman–Crippen MR) is 91.7 cm³/mol. The zero-order valence-electron chi connectivity index (χ0n) is 14.1. The van der Waals surface area contributed by atoms with Crippen LogP contribution >= 0.6 is 0 Å². The van der Waals surface area contributed by atoms with Crippen LogP contribution in [0.5, 0.6) is 0 Å². The summed E-state index contributed by atoms with van der Waals surface area (Å²) >= 11 is 0. The first-order chi connectivity index (χ1) is 11.0. The molecule has 6 nitrogen and oxygen atoms in total. The van der Waals surface area contributed by atoms with Gasteiger partial charge in [-0.05, 0) is 64.0 Å². The molecule has 1 aromatic carbocycles. The molecular formula is C17H26N4O2. The number of nitrogens with zero attached hydrogens (tertiary/aromatic N) is 1. The van der Waals surface area contributed by atoms with Crippen LogP contribution in [0.2, 0.25) is 0 Å². The number of amides is 3. The van der Waals surface area contributed by atoms with Crippen molar-refractivity contribution in [2.75, 3.05) is 25.5 Å². The van der Waals surface area contributed by atoms with E-state index in [4.69, 9.17) is 0 Å². The van der Waals surface area contributed by atoms with E-state index in [1.807, 2.05) is 25.8 Å². The van der Waals surface area contributed by atoms with Gasteiger partial charge in [-0.25, -0.2) is 4.79 Å². The van der Waals surface area contributed by atoms with E-state index in [0.717, 1.165) is 25.9 Å². The second-order valence-electron chi connectivity index (χ2n) is 6.23. The Hall–Kier alpha value is -2.08. The Labute approximate surface area is 137 Å². The standard InChI is InChI=1S/C17H26N4O2/c1-12(2)19-17(23)20-14-6-4-13(5-7-14)16(22)21(3)15-8-10-18-11-9-15/h4-7,12,15,18H,8-11H2,1-3H3,(H2,19,20,23). The second-order valence-corrected chi connectivity index (χ2v) is 6.23. The molecule has 0 bridgehead atoms. The topological polar surface area (TPSA) is 73.5 Å². The molecule has 2 rings (SSSR count). The Kier molecular flexibility index (Phi) is 5.98. The molecule has 0 unspecified atom stereocenters. The molecule has 3 N–H and O–H groups in total. The maximum absolute atomic E-state index is 12.5. The first kappa shape index (κ1) is 17.3. The molecule has 0 saturated carbocycles. The summed E-state index contributed by atoms with van der Waals surface area (Å²) < 4.78 is 0. The molecule has 0 aliphatic carbocycles. The van der Waals surface area contributed by atoms with Gasteiger partial charge < -0.3 is 20.9 Å². The summed E-state index contributed by atoms with van der Waals surface area (Å²) in [6.45, 7) is 5.71. The quantitative estimate of drug-likeness (QED) is 0.795. The highest BCUT2D eigenvalue weighted by Crippen LogP contribution is 2.16. The van der Waals surface area contributed by atoms with Crippen molar-refractivity contribution in [2.45, 2.75) is 38.8 Å². The van der Waals surface area contributed by atoms with Crippen molar-refractivity contribution in [1.29, 1.82) is 0 Å². The van der Waals surface area contributed by atoms with Crippen LogP contribution in [-0.4, -0.2) is 49.1 Å². The summed E-state index contributed by atoms with van der Waals surface area (Å²) in [5.74, 6) is 0.0232. The number of carbonyl (C=O) groups is 2. The van der Waals surface area contributed by atoms with E-state index in [-0.39, 0.29) is 18.0 Å². The van der Waals surface area contributed by atoms with Crippen molar-refractivity contribution in [3.8, 4) is 0 Å². The fourth-order valence-electron chi connectivity index (χ4n) is 2.69.